The molecule has 0 heterocycles. The molecule has 0 spiro atoms. The van der Waals surface area contributed by atoms with Crippen molar-refractivity contribution in [1.82, 2.24) is 0 Å². The van der Waals surface area contributed by atoms with Gasteiger partial charge in [0.25, 0.3) is 0 Å². The van der Waals surface area contributed by atoms with Crippen molar-refractivity contribution in [1.29, 1.82) is 0 Å². The largest absolute Gasteiger partial charge is 0.548 e. The Hall–Kier alpha value is -0.610. The van der Waals surface area contributed by atoms with Crippen molar-refractivity contribution in [2.45, 2.75) is 92.0 Å². The van der Waals surface area contributed by atoms with E-state index < -0.39 is 12.0 Å². The molecule has 140 valence electrons. The van der Waals surface area contributed by atoms with E-state index in [1.54, 1.807) is 0 Å². The van der Waals surface area contributed by atoms with Gasteiger partial charge in [-0.15, -0.1) is 0 Å². The summed E-state index contributed by atoms with van der Waals surface area (Å²) in [4.78, 5) is 9.46. The van der Waals surface area contributed by atoms with Gasteiger partial charge in [0.05, 0.1) is 32.1 Å². The molecule has 4 nitrogen and oxygen atoms in total. The van der Waals surface area contributed by atoms with Crippen LogP contribution >= 0.6 is 0 Å². The Morgan fingerprint density at radius 1 is 0.826 bits per heavy atom. The molecule has 0 radical (unpaired) electrons. The highest BCUT2D eigenvalue weighted by Crippen LogP contribution is 2.16. The molecule has 0 aromatic rings. The van der Waals surface area contributed by atoms with Crippen LogP contribution in [0.15, 0.2) is 0 Å². The van der Waals surface area contributed by atoms with Crippen LogP contribution in [0.4, 0.5) is 0 Å². The lowest BCUT2D eigenvalue weighted by Crippen LogP contribution is -2.50. The van der Waals surface area contributed by atoms with Crippen LogP contribution in [-0.4, -0.2) is 42.7 Å². The minimum atomic E-state index is -1.21. The normalized spacial score (nSPS) is 12.4. The van der Waals surface area contributed by atoms with Crippen LogP contribution in [0, 0.1) is 0 Å². The number of rotatable bonds is 13. The quantitative estimate of drug-likeness (QED) is 0.528. The second-order valence-corrected chi connectivity index (χ2v) is 6.76. The van der Waals surface area contributed by atoms with Crippen LogP contribution in [0.5, 0.6) is 0 Å². The Morgan fingerprint density at radius 2 is 1.04 bits per heavy atom. The summed E-state index contributed by atoms with van der Waals surface area (Å²) in [5.74, 6) is -1.21. The maximum absolute atomic E-state index is 9.46. The number of carboxylic acid groups (broad SMARTS) is 1. The average Bonchev–Trinajstić information content (AvgIpc) is 2.54. The summed E-state index contributed by atoms with van der Waals surface area (Å²) in [5, 5.41) is 9.46. The lowest BCUT2D eigenvalue weighted by atomic mass is 10.1. The smallest absolute Gasteiger partial charge is 0.0786 e. The predicted molar refractivity (Wildman–Crippen MR) is 98.0 cm³/mol. The monoisotopic (exact) mass is 330 g/mol. The summed E-state index contributed by atoms with van der Waals surface area (Å²) in [6, 6.07) is -0.843. The number of aliphatic carboxylic acids is 1. The van der Waals surface area contributed by atoms with E-state index in [-0.39, 0.29) is 0 Å². The molecule has 2 N–H and O–H groups in total. The number of nitrogens with two attached hydrogens (primary N) is 1. The molecular weight excluding hydrogens is 288 g/mol. The van der Waals surface area contributed by atoms with E-state index in [0.29, 0.717) is 0 Å². The highest BCUT2D eigenvalue weighted by molar-refractivity contribution is 5.70. The molecule has 0 rings (SSSR count). The first kappa shape index (κ1) is 24.6. The number of hydrogen-bond donors (Lipinski definition) is 1. The van der Waals surface area contributed by atoms with Crippen molar-refractivity contribution in [3.63, 3.8) is 0 Å². The van der Waals surface area contributed by atoms with Gasteiger partial charge in [-0.05, 0) is 32.6 Å². The SMILES string of the molecule is CCCC[N+](CCCC)(CCCC)CCCC.C[C@H](N)C(=O)[O-]. The number of unbranched alkanes of at least 4 members (excludes halogenated alkanes) is 4. The lowest BCUT2D eigenvalue weighted by molar-refractivity contribution is -0.929. The van der Waals surface area contributed by atoms with Crippen molar-refractivity contribution in [3.8, 4) is 0 Å². The molecule has 0 aliphatic heterocycles. The van der Waals surface area contributed by atoms with Crippen molar-refractivity contribution in [2.24, 2.45) is 5.73 Å². The lowest BCUT2D eigenvalue weighted by Gasteiger charge is -2.39. The van der Waals surface area contributed by atoms with Gasteiger partial charge in [-0.3, -0.25) is 0 Å². The fourth-order valence-corrected chi connectivity index (χ4v) is 2.64. The summed E-state index contributed by atoms with van der Waals surface area (Å²) < 4.78 is 1.42. The maximum Gasteiger partial charge on any atom is 0.0786 e. The summed E-state index contributed by atoms with van der Waals surface area (Å²) in [6.45, 7) is 16.4. The first-order valence-electron chi connectivity index (χ1n) is 9.70. The Morgan fingerprint density at radius 3 is 1.17 bits per heavy atom. The number of hydrogen-bond acceptors (Lipinski definition) is 3. The van der Waals surface area contributed by atoms with Gasteiger partial charge in [0.1, 0.15) is 0 Å². The van der Waals surface area contributed by atoms with Gasteiger partial charge in [-0.2, -0.15) is 0 Å². The van der Waals surface area contributed by atoms with E-state index in [1.165, 1.54) is 89.0 Å². The molecular formula is C19H42N2O2. The standard InChI is InChI=1S/C16H36N.C3H7NO2/c1-5-9-13-17(14-10-6-2,15-11-7-3)16-12-8-4;1-2(4)3(5)6/h5-16H2,1-4H3;2H,4H2,1H3,(H,5,6)/q+1;/p-1/t;2-/m.0/s1. The Kier molecular flexibility index (Phi) is 17.4. The number of nitrogens with zero attached hydrogens (tertiary/aromatic N) is 1. The molecule has 0 aliphatic rings. The number of carbonyl (C=O) groups excluding carboxylic acids is 1. The van der Waals surface area contributed by atoms with E-state index in [9.17, 15) is 9.90 Å². The second kappa shape index (κ2) is 16.3. The number of quaternary nitrogens is 1. The molecule has 0 saturated heterocycles. The zero-order valence-corrected chi connectivity index (χ0v) is 16.4. The van der Waals surface area contributed by atoms with Crippen molar-refractivity contribution >= 4 is 5.97 Å². The Balaban J connectivity index is 0. The molecule has 0 fully saturated rings. The van der Waals surface area contributed by atoms with Crippen molar-refractivity contribution in [2.75, 3.05) is 26.2 Å². The van der Waals surface area contributed by atoms with Crippen LogP contribution in [0.2, 0.25) is 0 Å². The molecule has 23 heavy (non-hydrogen) atoms. The Bertz CT molecular complexity index is 231. The van der Waals surface area contributed by atoms with Gasteiger partial charge in [0, 0.05) is 6.04 Å². The van der Waals surface area contributed by atoms with E-state index in [1.807, 2.05) is 0 Å². The first-order valence-corrected chi connectivity index (χ1v) is 9.70. The molecule has 0 aliphatic carbocycles. The minimum Gasteiger partial charge on any atom is -0.548 e. The number of carboxylic acids is 1. The van der Waals surface area contributed by atoms with E-state index in [4.69, 9.17) is 5.73 Å². The summed E-state index contributed by atoms with van der Waals surface area (Å²) >= 11 is 0. The van der Waals surface area contributed by atoms with Gasteiger partial charge in [-0.25, -0.2) is 0 Å². The third-order valence-electron chi connectivity index (χ3n) is 4.32. The molecule has 0 amide bonds. The minimum absolute atomic E-state index is 0.843. The van der Waals surface area contributed by atoms with Gasteiger partial charge in [0.15, 0.2) is 0 Å². The van der Waals surface area contributed by atoms with Crippen molar-refractivity contribution < 1.29 is 14.4 Å². The summed E-state index contributed by atoms with van der Waals surface area (Å²) in [5.41, 5.74) is 4.77. The van der Waals surface area contributed by atoms with E-state index >= 15 is 0 Å². The highest BCUT2D eigenvalue weighted by atomic mass is 16.4. The molecule has 0 saturated carbocycles. The van der Waals surface area contributed by atoms with Gasteiger partial charge in [-0.1, -0.05) is 53.4 Å². The molecule has 4 heteroatoms. The molecule has 0 bridgehead atoms. The zero-order chi connectivity index (χ0) is 18.1. The van der Waals surface area contributed by atoms with E-state index in [0.717, 1.165) is 0 Å². The van der Waals surface area contributed by atoms with Gasteiger partial charge >= 0.3 is 0 Å². The van der Waals surface area contributed by atoms with Gasteiger partial charge < -0.3 is 20.1 Å². The first-order chi connectivity index (χ1) is 10.9. The topological polar surface area (TPSA) is 66.2 Å². The fourth-order valence-electron chi connectivity index (χ4n) is 2.64. The predicted octanol–water partition coefficient (Wildman–Crippen LogP) is 3.09. The zero-order valence-electron chi connectivity index (χ0n) is 16.4. The summed E-state index contributed by atoms with van der Waals surface area (Å²) in [7, 11) is 0. The van der Waals surface area contributed by atoms with Crippen LogP contribution in [0.3, 0.4) is 0 Å². The van der Waals surface area contributed by atoms with Crippen LogP contribution < -0.4 is 10.8 Å². The molecule has 0 aromatic heterocycles. The summed E-state index contributed by atoms with van der Waals surface area (Å²) in [6.07, 6.45) is 11.1. The molecule has 1 atom stereocenters. The van der Waals surface area contributed by atoms with E-state index in [2.05, 4.69) is 27.7 Å². The second-order valence-electron chi connectivity index (χ2n) is 6.76. The van der Waals surface area contributed by atoms with Crippen molar-refractivity contribution in [3.05, 3.63) is 0 Å². The van der Waals surface area contributed by atoms with Crippen LogP contribution in [-0.2, 0) is 4.79 Å². The van der Waals surface area contributed by atoms with Crippen LogP contribution in [0.1, 0.15) is 86.0 Å². The highest BCUT2D eigenvalue weighted by Gasteiger charge is 2.24. The average molecular weight is 331 g/mol. The molecule has 0 aromatic carbocycles. The third-order valence-corrected chi connectivity index (χ3v) is 4.32. The third kappa shape index (κ3) is 14.7. The Labute approximate surface area is 145 Å². The van der Waals surface area contributed by atoms with Crippen LogP contribution in [0.25, 0.3) is 0 Å². The number of carbonyl (C=O) groups is 1. The fraction of sp³-hybridized carbons (Fsp3) is 0.947. The maximum atomic E-state index is 9.46. The molecule has 0 unspecified atom stereocenters. The van der Waals surface area contributed by atoms with Gasteiger partial charge in [0.2, 0.25) is 0 Å².